The molecule has 1 atom stereocenters. The van der Waals surface area contributed by atoms with Crippen LogP contribution in [0.4, 0.5) is 0 Å². The second-order valence-electron chi connectivity index (χ2n) is 7.00. The molecule has 0 aliphatic heterocycles. The summed E-state index contributed by atoms with van der Waals surface area (Å²) in [5.41, 5.74) is 4.06. The van der Waals surface area contributed by atoms with Gasteiger partial charge in [-0.15, -0.1) is 0 Å². The molecule has 0 aliphatic carbocycles. The van der Waals surface area contributed by atoms with Crippen molar-refractivity contribution in [2.75, 3.05) is 20.6 Å². The van der Waals surface area contributed by atoms with E-state index in [9.17, 15) is 4.79 Å². The Morgan fingerprint density at radius 3 is 2.39 bits per heavy atom. The van der Waals surface area contributed by atoms with Crippen LogP contribution < -0.4 is 5.32 Å². The molecule has 0 fully saturated rings. The lowest BCUT2D eigenvalue weighted by atomic mass is 10.1. The monoisotopic (exact) mass is 396 g/mol. The van der Waals surface area contributed by atoms with Gasteiger partial charge in [0.1, 0.15) is 0 Å². The van der Waals surface area contributed by atoms with Crippen molar-refractivity contribution in [3.05, 3.63) is 82.1 Å². The molecule has 3 aromatic rings. The summed E-state index contributed by atoms with van der Waals surface area (Å²) < 4.78 is 1.81. The molecule has 2 aromatic carbocycles. The Morgan fingerprint density at radius 2 is 1.75 bits per heavy atom. The van der Waals surface area contributed by atoms with Crippen LogP contribution in [0.2, 0.25) is 5.02 Å². The summed E-state index contributed by atoms with van der Waals surface area (Å²) in [5.74, 6) is -0.129. The Morgan fingerprint density at radius 1 is 1.11 bits per heavy atom. The largest absolute Gasteiger partial charge is 0.350 e. The van der Waals surface area contributed by atoms with Gasteiger partial charge in [0.25, 0.3) is 5.91 Å². The number of likely N-dealkylation sites (N-methyl/N-ethyl adjacent to an activating group) is 1. The van der Waals surface area contributed by atoms with Gasteiger partial charge in [-0.3, -0.25) is 4.79 Å². The molecule has 0 aliphatic rings. The van der Waals surface area contributed by atoms with E-state index < -0.39 is 0 Å². The van der Waals surface area contributed by atoms with Crippen molar-refractivity contribution in [1.82, 2.24) is 20.0 Å². The maximum absolute atomic E-state index is 13.0. The predicted molar refractivity (Wildman–Crippen MR) is 113 cm³/mol. The Kier molecular flexibility index (Phi) is 6.17. The highest BCUT2D eigenvalue weighted by Crippen LogP contribution is 2.26. The van der Waals surface area contributed by atoms with E-state index in [1.807, 2.05) is 87.2 Å². The van der Waals surface area contributed by atoms with Crippen LogP contribution in [0.1, 0.15) is 33.4 Å². The zero-order chi connectivity index (χ0) is 20.3. The number of carbonyl (C=O) groups is 1. The minimum atomic E-state index is -0.129. The zero-order valence-corrected chi connectivity index (χ0v) is 17.4. The molecular formula is C22H25ClN4O. The summed E-state index contributed by atoms with van der Waals surface area (Å²) in [7, 11) is 3.95. The Balaban J connectivity index is 1.81. The molecule has 0 saturated heterocycles. The van der Waals surface area contributed by atoms with Gasteiger partial charge in [-0.1, -0.05) is 48.0 Å². The summed E-state index contributed by atoms with van der Waals surface area (Å²) in [5, 5.41) is 8.31. The van der Waals surface area contributed by atoms with E-state index in [2.05, 4.69) is 15.3 Å². The summed E-state index contributed by atoms with van der Waals surface area (Å²) in [6.45, 7) is 4.23. The van der Waals surface area contributed by atoms with Crippen LogP contribution in [-0.4, -0.2) is 41.2 Å². The zero-order valence-electron chi connectivity index (χ0n) is 16.6. The van der Waals surface area contributed by atoms with Gasteiger partial charge in [-0.25, -0.2) is 4.68 Å². The fourth-order valence-corrected chi connectivity index (χ4v) is 3.65. The van der Waals surface area contributed by atoms with E-state index in [4.69, 9.17) is 11.6 Å². The molecule has 146 valence electrons. The second-order valence-corrected chi connectivity index (χ2v) is 7.41. The third-order valence-electron chi connectivity index (χ3n) is 4.86. The number of nitrogens with one attached hydrogen (secondary N) is 1. The van der Waals surface area contributed by atoms with Crippen LogP contribution in [0.15, 0.2) is 54.6 Å². The lowest BCUT2D eigenvalue weighted by Crippen LogP contribution is -2.35. The van der Waals surface area contributed by atoms with Gasteiger partial charge in [0, 0.05) is 11.6 Å². The first kappa shape index (κ1) is 20.1. The molecule has 1 unspecified atom stereocenters. The normalized spacial score (nSPS) is 12.2. The van der Waals surface area contributed by atoms with E-state index in [1.54, 1.807) is 0 Å². The number of benzene rings is 2. The van der Waals surface area contributed by atoms with Gasteiger partial charge in [-0.2, -0.15) is 5.10 Å². The van der Waals surface area contributed by atoms with Gasteiger partial charge in [-0.05, 0) is 51.7 Å². The molecule has 1 amide bonds. The second kappa shape index (κ2) is 8.59. The predicted octanol–water partition coefficient (Wildman–Crippen LogP) is 4.18. The Labute approximate surface area is 170 Å². The quantitative estimate of drug-likeness (QED) is 0.680. The molecule has 1 N–H and O–H groups in total. The van der Waals surface area contributed by atoms with Crippen molar-refractivity contribution in [1.29, 1.82) is 0 Å². The van der Waals surface area contributed by atoms with Gasteiger partial charge < -0.3 is 10.2 Å². The number of hydrogen-bond donors (Lipinski definition) is 1. The number of amides is 1. The third kappa shape index (κ3) is 4.11. The lowest BCUT2D eigenvalue weighted by molar-refractivity contribution is 0.0940. The number of nitrogens with zero attached hydrogens (tertiary/aromatic N) is 3. The molecule has 1 aromatic heterocycles. The fraction of sp³-hybridized carbons (Fsp3) is 0.273. The van der Waals surface area contributed by atoms with E-state index in [1.165, 1.54) is 0 Å². The summed E-state index contributed by atoms with van der Waals surface area (Å²) in [6, 6.07) is 17.5. The molecule has 0 bridgehead atoms. The highest BCUT2D eigenvalue weighted by molar-refractivity contribution is 6.31. The van der Waals surface area contributed by atoms with Gasteiger partial charge in [0.15, 0.2) is 0 Å². The first-order valence-corrected chi connectivity index (χ1v) is 9.58. The molecule has 6 heteroatoms. The van der Waals surface area contributed by atoms with Crippen LogP contribution in [-0.2, 0) is 0 Å². The fourth-order valence-electron chi connectivity index (χ4n) is 3.39. The Hall–Kier alpha value is -2.63. The SMILES string of the molecule is Cc1nn(-c2ccccc2)c(C)c1C(=O)NCC(c1ccccc1Cl)N(C)C. The van der Waals surface area contributed by atoms with Crippen molar-refractivity contribution >= 4 is 17.5 Å². The van der Waals surface area contributed by atoms with Crippen LogP contribution in [0.25, 0.3) is 5.69 Å². The highest BCUT2D eigenvalue weighted by Gasteiger charge is 2.22. The van der Waals surface area contributed by atoms with Crippen LogP contribution in [0, 0.1) is 13.8 Å². The summed E-state index contributed by atoms with van der Waals surface area (Å²) in [6.07, 6.45) is 0. The maximum Gasteiger partial charge on any atom is 0.255 e. The van der Waals surface area contributed by atoms with E-state index >= 15 is 0 Å². The minimum Gasteiger partial charge on any atom is -0.350 e. The Bertz CT molecular complexity index is 966. The van der Waals surface area contributed by atoms with Crippen molar-refractivity contribution < 1.29 is 4.79 Å². The third-order valence-corrected chi connectivity index (χ3v) is 5.21. The maximum atomic E-state index is 13.0. The van der Waals surface area contributed by atoms with E-state index in [0.717, 1.165) is 16.9 Å². The molecule has 0 spiro atoms. The smallest absolute Gasteiger partial charge is 0.255 e. The highest BCUT2D eigenvalue weighted by atomic mass is 35.5. The van der Waals surface area contributed by atoms with E-state index in [0.29, 0.717) is 22.8 Å². The summed E-state index contributed by atoms with van der Waals surface area (Å²) in [4.78, 5) is 15.0. The van der Waals surface area contributed by atoms with Crippen molar-refractivity contribution in [2.45, 2.75) is 19.9 Å². The average molecular weight is 397 g/mol. The molecular weight excluding hydrogens is 372 g/mol. The van der Waals surface area contributed by atoms with Gasteiger partial charge in [0.2, 0.25) is 0 Å². The molecule has 5 nitrogen and oxygen atoms in total. The first-order valence-electron chi connectivity index (χ1n) is 9.21. The number of para-hydroxylation sites is 1. The van der Waals surface area contributed by atoms with Crippen LogP contribution >= 0.6 is 11.6 Å². The number of carbonyl (C=O) groups excluding carboxylic acids is 1. The van der Waals surface area contributed by atoms with Crippen molar-refractivity contribution in [3.63, 3.8) is 0 Å². The minimum absolute atomic E-state index is 0.0255. The van der Waals surface area contributed by atoms with Crippen molar-refractivity contribution in [2.24, 2.45) is 0 Å². The topological polar surface area (TPSA) is 50.2 Å². The van der Waals surface area contributed by atoms with Crippen LogP contribution in [0.5, 0.6) is 0 Å². The molecule has 0 saturated carbocycles. The number of rotatable bonds is 6. The first-order chi connectivity index (χ1) is 13.4. The van der Waals surface area contributed by atoms with Gasteiger partial charge >= 0.3 is 0 Å². The van der Waals surface area contributed by atoms with E-state index in [-0.39, 0.29) is 11.9 Å². The molecule has 28 heavy (non-hydrogen) atoms. The number of aromatic nitrogens is 2. The van der Waals surface area contributed by atoms with Gasteiger partial charge in [0.05, 0.1) is 28.7 Å². The molecule has 0 radical (unpaired) electrons. The summed E-state index contributed by atoms with van der Waals surface area (Å²) >= 11 is 6.36. The average Bonchev–Trinajstić information content (AvgIpc) is 2.98. The van der Waals surface area contributed by atoms with Crippen molar-refractivity contribution in [3.8, 4) is 5.69 Å². The van der Waals surface area contributed by atoms with Crippen LogP contribution in [0.3, 0.4) is 0 Å². The lowest BCUT2D eigenvalue weighted by Gasteiger charge is -2.26. The standard InChI is InChI=1S/C22H25ClN4O/c1-15-21(16(2)27(25-15)17-10-6-5-7-11-17)22(28)24-14-20(26(3)4)18-12-8-9-13-19(18)23/h5-13,20H,14H2,1-4H3,(H,24,28). The number of hydrogen-bond acceptors (Lipinski definition) is 3. The number of halogens is 1. The number of aryl methyl sites for hydroxylation is 1. The molecule has 3 rings (SSSR count). The molecule has 1 heterocycles.